The molecular formula is C12H12N2O2S. The number of hydrogen-bond donors (Lipinski definition) is 1. The number of hydrogen-bond acceptors (Lipinski definition) is 5. The van der Waals surface area contributed by atoms with Crippen molar-refractivity contribution in [2.24, 2.45) is 5.16 Å². The standard InChI is InChI=1S/C12H12N2O2S/c1-9-14-11(8-17-9)7-16-12-4-2-10(3-5-12)6-13-15/h2-6,8,15H,7H2,1H3/b13-6+. The van der Waals surface area contributed by atoms with E-state index in [-0.39, 0.29) is 0 Å². The lowest BCUT2D eigenvalue weighted by molar-refractivity contribution is 0.302. The molecule has 1 heterocycles. The van der Waals surface area contributed by atoms with Gasteiger partial charge in [-0.25, -0.2) is 4.98 Å². The fourth-order valence-electron chi connectivity index (χ4n) is 1.35. The molecule has 0 aliphatic heterocycles. The third-order valence-corrected chi connectivity index (χ3v) is 2.96. The summed E-state index contributed by atoms with van der Waals surface area (Å²) in [5.41, 5.74) is 1.76. The van der Waals surface area contributed by atoms with E-state index < -0.39 is 0 Å². The van der Waals surface area contributed by atoms with Crippen LogP contribution in [-0.4, -0.2) is 16.4 Å². The third-order valence-electron chi connectivity index (χ3n) is 2.14. The van der Waals surface area contributed by atoms with Gasteiger partial charge in [-0.15, -0.1) is 11.3 Å². The molecule has 1 aromatic carbocycles. The molecule has 17 heavy (non-hydrogen) atoms. The van der Waals surface area contributed by atoms with Crippen LogP contribution in [0.5, 0.6) is 5.75 Å². The van der Waals surface area contributed by atoms with E-state index in [1.165, 1.54) is 6.21 Å². The molecule has 0 unspecified atom stereocenters. The summed E-state index contributed by atoms with van der Waals surface area (Å²) in [7, 11) is 0. The van der Waals surface area contributed by atoms with Gasteiger partial charge in [-0.2, -0.15) is 0 Å². The molecule has 0 fully saturated rings. The molecular weight excluding hydrogens is 236 g/mol. The molecule has 1 aromatic heterocycles. The van der Waals surface area contributed by atoms with Gasteiger partial charge in [-0.3, -0.25) is 0 Å². The Hall–Kier alpha value is -1.88. The number of benzene rings is 1. The van der Waals surface area contributed by atoms with Crippen molar-refractivity contribution in [3.8, 4) is 5.75 Å². The van der Waals surface area contributed by atoms with Crippen LogP contribution in [0.4, 0.5) is 0 Å². The Labute approximate surface area is 103 Å². The Morgan fingerprint density at radius 2 is 2.18 bits per heavy atom. The van der Waals surface area contributed by atoms with Crippen LogP contribution < -0.4 is 4.74 Å². The third kappa shape index (κ3) is 3.29. The van der Waals surface area contributed by atoms with Crippen LogP contribution in [0.2, 0.25) is 0 Å². The van der Waals surface area contributed by atoms with Crippen molar-refractivity contribution in [3.05, 3.63) is 45.9 Å². The van der Waals surface area contributed by atoms with Crippen molar-refractivity contribution < 1.29 is 9.94 Å². The van der Waals surface area contributed by atoms with E-state index in [0.29, 0.717) is 6.61 Å². The normalized spacial score (nSPS) is 10.9. The highest BCUT2D eigenvalue weighted by Gasteiger charge is 1.99. The lowest BCUT2D eigenvalue weighted by atomic mass is 10.2. The highest BCUT2D eigenvalue weighted by Crippen LogP contribution is 2.14. The summed E-state index contributed by atoms with van der Waals surface area (Å²) >= 11 is 1.61. The molecule has 0 atom stereocenters. The molecule has 0 amide bonds. The first-order valence-corrected chi connectivity index (χ1v) is 5.97. The maximum Gasteiger partial charge on any atom is 0.131 e. The van der Waals surface area contributed by atoms with Crippen molar-refractivity contribution in [3.63, 3.8) is 0 Å². The zero-order chi connectivity index (χ0) is 12.1. The molecule has 0 saturated carbocycles. The van der Waals surface area contributed by atoms with Crippen LogP contribution in [0, 0.1) is 6.92 Å². The molecule has 0 aliphatic rings. The monoisotopic (exact) mass is 248 g/mol. The van der Waals surface area contributed by atoms with E-state index in [2.05, 4.69) is 10.1 Å². The Morgan fingerprint density at radius 1 is 1.41 bits per heavy atom. The van der Waals surface area contributed by atoms with Crippen LogP contribution in [0.3, 0.4) is 0 Å². The van der Waals surface area contributed by atoms with Gasteiger partial charge in [0.15, 0.2) is 0 Å². The van der Waals surface area contributed by atoms with Crippen molar-refractivity contribution in [2.75, 3.05) is 0 Å². The van der Waals surface area contributed by atoms with Crippen molar-refractivity contribution in [1.29, 1.82) is 0 Å². The van der Waals surface area contributed by atoms with Gasteiger partial charge in [-0.05, 0) is 36.8 Å². The van der Waals surface area contributed by atoms with Gasteiger partial charge in [0, 0.05) is 5.38 Å². The predicted octanol–water partition coefficient (Wildman–Crippen LogP) is 2.84. The number of aromatic nitrogens is 1. The molecule has 0 aliphatic carbocycles. The van der Waals surface area contributed by atoms with E-state index in [4.69, 9.17) is 9.94 Å². The second kappa shape index (κ2) is 5.45. The average Bonchev–Trinajstić information content (AvgIpc) is 2.75. The topological polar surface area (TPSA) is 54.7 Å². The molecule has 0 spiro atoms. The highest BCUT2D eigenvalue weighted by molar-refractivity contribution is 7.09. The van der Waals surface area contributed by atoms with E-state index in [0.717, 1.165) is 22.0 Å². The highest BCUT2D eigenvalue weighted by atomic mass is 32.1. The second-order valence-corrected chi connectivity index (χ2v) is 4.52. The smallest absolute Gasteiger partial charge is 0.131 e. The maximum atomic E-state index is 8.37. The largest absolute Gasteiger partial charge is 0.487 e. The van der Waals surface area contributed by atoms with Gasteiger partial charge in [-0.1, -0.05) is 5.16 Å². The quantitative estimate of drug-likeness (QED) is 0.514. The fraction of sp³-hybridized carbons (Fsp3) is 0.167. The van der Waals surface area contributed by atoms with E-state index in [1.807, 2.05) is 36.6 Å². The molecule has 2 aromatic rings. The van der Waals surface area contributed by atoms with E-state index in [9.17, 15) is 0 Å². The molecule has 0 bridgehead atoms. The zero-order valence-corrected chi connectivity index (χ0v) is 10.1. The van der Waals surface area contributed by atoms with Gasteiger partial charge in [0.05, 0.1) is 16.9 Å². The van der Waals surface area contributed by atoms with Crippen LogP contribution in [0.25, 0.3) is 0 Å². The Kier molecular flexibility index (Phi) is 3.72. The van der Waals surface area contributed by atoms with Gasteiger partial charge in [0.25, 0.3) is 0 Å². The first-order valence-electron chi connectivity index (χ1n) is 5.09. The number of aryl methyl sites for hydroxylation is 1. The lowest BCUT2D eigenvalue weighted by Gasteiger charge is -2.03. The first kappa shape index (κ1) is 11.6. The minimum atomic E-state index is 0.470. The predicted molar refractivity (Wildman–Crippen MR) is 67.0 cm³/mol. The van der Waals surface area contributed by atoms with Crippen LogP contribution in [0.15, 0.2) is 34.8 Å². The van der Waals surface area contributed by atoms with Gasteiger partial charge in [0.1, 0.15) is 12.4 Å². The molecule has 88 valence electrons. The minimum absolute atomic E-state index is 0.470. The molecule has 4 nitrogen and oxygen atoms in total. The Balaban J connectivity index is 1.95. The summed E-state index contributed by atoms with van der Waals surface area (Å²) in [5.74, 6) is 0.769. The average molecular weight is 248 g/mol. The summed E-state index contributed by atoms with van der Waals surface area (Å²) in [5, 5.41) is 14.4. The number of oxime groups is 1. The summed E-state index contributed by atoms with van der Waals surface area (Å²) in [6.45, 7) is 2.44. The van der Waals surface area contributed by atoms with E-state index in [1.54, 1.807) is 11.3 Å². The van der Waals surface area contributed by atoms with Crippen molar-refractivity contribution in [2.45, 2.75) is 13.5 Å². The lowest BCUT2D eigenvalue weighted by Crippen LogP contribution is -1.95. The molecule has 2 rings (SSSR count). The summed E-state index contributed by atoms with van der Waals surface area (Å²) in [4.78, 5) is 4.31. The Bertz CT molecular complexity index is 505. The maximum absolute atomic E-state index is 8.37. The van der Waals surface area contributed by atoms with Gasteiger partial charge >= 0.3 is 0 Å². The summed E-state index contributed by atoms with van der Waals surface area (Å²) in [6, 6.07) is 7.30. The number of ether oxygens (including phenoxy) is 1. The van der Waals surface area contributed by atoms with Gasteiger partial charge in [0.2, 0.25) is 0 Å². The van der Waals surface area contributed by atoms with Crippen LogP contribution >= 0.6 is 11.3 Å². The number of thiazole rings is 1. The molecule has 5 heteroatoms. The van der Waals surface area contributed by atoms with Crippen LogP contribution in [-0.2, 0) is 6.61 Å². The van der Waals surface area contributed by atoms with Crippen LogP contribution in [0.1, 0.15) is 16.3 Å². The summed E-state index contributed by atoms with van der Waals surface area (Å²) < 4.78 is 5.58. The number of nitrogens with zero attached hydrogens (tertiary/aromatic N) is 2. The van der Waals surface area contributed by atoms with E-state index >= 15 is 0 Å². The molecule has 1 N–H and O–H groups in total. The van der Waals surface area contributed by atoms with Gasteiger partial charge < -0.3 is 9.94 Å². The Morgan fingerprint density at radius 3 is 2.76 bits per heavy atom. The molecule has 0 saturated heterocycles. The number of rotatable bonds is 4. The van der Waals surface area contributed by atoms with Crippen molar-refractivity contribution in [1.82, 2.24) is 4.98 Å². The zero-order valence-electron chi connectivity index (χ0n) is 9.33. The second-order valence-electron chi connectivity index (χ2n) is 3.46. The SMILES string of the molecule is Cc1nc(COc2ccc(/C=N/O)cc2)cs1. The minimum Gasteiger partial charge on any atom is -0.487 e. The molecule has 0 radical (unpaired) electrons. The first-order chi connectivity index (χ1) is 8.28. The fourth-order valence-corrected chi connectivity index (χ4v) is 1.95. The summed E-state index contributed by atoms with van der Waals surface area (Å²) in [6.07, 6.45) is 1.37. The van der Waals surface area contributed by atoms with Crippen molar-refractivity contribution >= 4 is 17.6 Å².